The quantitative estimate of drug-likeness (QED) is 0.765. The van der Waals surface area contributed by atoms with Crippen molar-refractivity contribution in [3.05, 3.63) is 47.7 Å². The molecule has 0 amide bonds. The average molecular weight is 198 g/mol. The number of aromatic nitrogens is 1. The molecule has 0 aliphatic heterocycles. The first-order chi connectivity index (χ1) is 7.18. The fourth-order valence-corrected chi connectivity index (χ4v) is 1.72. The summed E-state index contributed by atoms with van der Waals surface area (Å²) in [5.41, 5.74) is 11.1. The number of aryl methyl sites for hydroxylation is 2. The van der Waals surface area contributed by atoms with Crippen LogP contribution >= 0.6 is 0 Å². The molecule has 0 spiro atoms. The van der Waals surface area contributed by atoms with Gasteiger partial charge in [0.1, 0.15) is 0 Å². The molecule has 0 unspecified atom stereocenters. The van der Waals surface area contributed by atoms with Crippen molar-refractivity contribution in [1.29, 1.82) is 0 Å². The third-order valence-corrected chi connectivity index (χ3v) is 2.48. The Hall–Kier alpha value is -1.83. The van der Waals surface area contributed by atoms with Gasteiger partial charge in [0.05, 0.1) is 11.4 Å². The third kappa shape index (κ3) is 1.84. The highest BCUT2D eigenvalue weighted by Gasteiger charge is 2.05. The molecule has 2 N–H and O–H groups in total. The van der Waals surface area contributed by atoms with Gasteiger partial charge in [-0.05, 0) is 31.5 Å². The van der Waals surface area contributed by atoms with Gasteiger partial charge in [-0.25, -0.2) is 0 Å². The topological polar surface area (TPSA) is 38.9 Å². The number of hydrogen-bond acceptors (Lipinski definition) is 2. The molecule has 2 nitrogen and oxygen atoms in total. The minimum Gasteiger partial charge on any atom is -0.397 e. The normalized spacial score (nSPS) is 10.3. The highest BCUT2D eigenvalue weighted by Crippen LogP contribution is 2.26. The molecule has 0 radical (unpaired) electrons. The molecule has 15 heavy (non-hydrogen) atoms. The lowest BCUT2D eigenvalue weighted by molar-refractivity contribution is 1.30. The van der Waals surface area contributed by atoms with Crippen molar-refractivity contribution in [3.63, 3.8) is 0 Å². The molecule has 1 heterocycles. The minimum atomic E-state index is 0.726. The van der Waals surface area contributed by atoms with Crippen LogP contribution in [0.3, 0.4) is 0 Å². The number of nitrogen functional groups attached to an aromatic ring is 1. The molecular weight excluding hydrogens is 184 g/mol. The van der Waals surface area contributed by atoms with Gasteiger partial charge in [0.2, 0.25) is 0 Å². The van der Waals surface area contributed by atoms with Gasteiger partial charge in [-0.2, -0.15) is 0 Å². The van der Waals surface area contributed by atoms with Crippen molar-refractivity contribution in [2.24, 2.45) is 0 Å². The van der Waals surface area contributed by atoms with Gasteiger partial charge >= 0.3 is 0 Å². The summed E-state index contributed by atoms with van der Waals surface area (Å²) in [5.74, 6) is 0. The van der Waals surface area contributed by atoms with Crippen LogP contribution in [0.2, 0.25) is 0 Å². The fourth-order valence-electron chi connectivity index (χ4n) is 1.72. The number of benzene rings is 1. The maximum Gasteiger partial charge on any atom is 0.0933 e. The monoisotopic (exact) mass is 198 g/mol. The van der Waals surface area contributed by atoms with Crippen molar-refractivity contribution in [2.75, 3.05) is 5.73 Å². The van der Waals surface area contributed by atoms with E-state index in [9.17, 15) is 0 Å². The van der Waals surface area contributed by atoms with E-state index >= 15 is 0 Å². The molecule has 0 saturated carbocycles. The van der Waals surface area contributed by atoms with Crippen LogP contribution in [0, 0.1) is 13.8 Å². The molecule has 0 bridgehead atoms. The van der Waals surface area contributed by atoms with Crippen LogP contribution in [0.5, 0.6) is 0 Å². The van der Waals surface area contributed by atoms with Gasteiger partial charge in [0, 0.05) is 11.8 Å². The molecule has 0 aliphatic carbocycles. The van der Waals surface area contributed by atoms with Crippen molar-refractivity contribution in [2.45, 2.75) is 13.8 Å². The standard InChI is InChI=1S/C13H14N2/c1-9-5-6-11(10(2)8-9)13-12(14)4-3-7-15-13/h3-8H,14H2,1-2H3. The number of nitrogens with zero attached hydrogens (tertiary/aromatic N) is 1. The van der Waals surface area contributed by atoms with Crippen LogP contribution in [0.1, 0.15) is 11.1 Å². The Morgan fingerprint density at radius 1 is 1.13 bits per heavy atom. The Bertz CT molecular complexity index is 490. The summed E-state index contributed by atoms with van der Waals surface area (Å²) in [6.07, 6.45) is 1.77. The zero-order valence-corrected chi connectivity index (χ0v) is 8.99. The lowest BCUT2D eigenvalue weighted by Crippen LogP contribution is -1.94. The van der Waals surface area contributed by atoms with E-state index in [-0.39, 0.29) is 0 Å². The maximum absolute atomic E-state index is 5.90. The maximum atomic E-state index is 5.90. The lowest BCUT2D eigenvalue weighted by atomic mass is 10.0. The lowest BCUT2D eigenvalue weighted by Gasteiger charge is -2.08. The Morgan fingerprint density at radius 3 is 2.60 bits per heavy atom. The number of rotatable bonds is 1. The highest BCUT2D eigenvalue weighted by molar-refractivity contribution is 5.74. The average Bonchev–Trinajstić information content (AvgIpc) is 2.20. The summed E-state index contributed by atoms with van der Waals surface area (Å²) >= 11 is 0. The smallest absolute Gasteiger partial charge is 0.0933 e. The fraction of sp³-hybridized carbons (Fsp3) is 0.154. The largest absolute Gasteiger partial charge is 0.397 e. The summed E-state index contributed by atoms with van der Waals surface area (Å²) < 4.78 is 0. The first kappa shape index (κ1) is 9.71. The summed E-state index contributed by atoms with van der Waals surface area (Å²) in [5, 5.41) is 0. The second-order valence-electron chi connectivity index (χ2n) is 3.76. The third-order valence-electron chi connectivity index (χ3n) is 2.48. The van der Waals surface area contributed by atoms with Gasteiger partial charge < -0.3 is 5.73 Å². The molecule has 76 valence electrons. The van der Waals surface area contributed by atoms with E-state index in [2.05, 4.69) is 37.0 Å². The van der Waals surface area contributed by atoms with Crippen LogP contribution in [0.25, 0.3) is 11.3 Å². The number of anilines is 1. The molecule has 2 aromatic rings. The Morgan fingerprint density at radius 2 is 1.93 bits per heavy atom. The Kier molecular flexibility index (Phi) is 2.42. The predicted molar refractivity (Wildman–Crippen MR) is 63.6 cm³/mol. The molecule has 0 aliphatic rings. The zero-order chi connectivity index (χ0) is 10.8. The van der Waals surface area contributed by atoms with Crippen LogP contribution < -0.4 is 5.73 Å². The van der Waals surface area contributed by atoms with Gasteiger partial charge in [-0.1, -0.05) is 23.8 Å². The predicted octanol–water partition coefficient (Wildman–Crippen LogP) is 2.95. The van der Waals surface area contributed by atoms with Crippen molar-refractivity contribution >= 4 is 5.69 Å². The summed E-state index contributed by atoms with van der Waals surface area (Å²) in [4.78, 5) is 4.31. The minimum absolute atomic E-state index is 0.726. The molecule has 1 aromatic heterocycles. The first-order valence-corrected chi connectivity index (χ1v) is 4.96. The van der Waals surface area contributed by atoms with E-state index in [1.165, 1.54) is 11.1 Å². The van der Waals surface area contributed by atoms with E-state index < -0.39 is 0 Å². The van der Waals surface area contributed by atoms with Crippen LogP contribution in [0.15, 0.2) is 36.5 Å². The van der Waals surface area contributed by atoms with E-state index in [1.54, 1.807) is 6.20 Å². The molecular formula is C13H14N2. The van der Waals surface area contributed by atoms with Crippen LogP contribution in [0.4, 0.5) is 5.69 Å². The second kappa shape index (κ2) is 3.73. The zero-order valence-electron chi connectivity index (χ0n) is 8.99. The summed E-state index contributed by atoms with van der Waals surface area (Å²) in [7, 11) is 0. The van der Waals surface area contributed by atoms with Crippen molar-refractivity contribution in [3.8, 4) is 11.3 Å². The summed E-state index contributed by atoms with van der Waals surface area (Å²) in [6, 6.07) is 10.0. The molecule has 1 aromatic carbocycles. The van der Waals surface area contributed by atoms with Crippen LogP contribution in [-0.4, -0.2) is 4.98 Å². The Balaban J connectivity index is 2.60. The van der Waals surface area contributed by atoms with Crippen molar-refractivity contribution < 1.29 is 0 Å². The van der Waals surface area contributed by atoms with Gasteiger partial charge in [0.25, 0.3) is 0 Å². The van der Waals surface area contributed by atoms with E-state index in [0.29, 0.717) is 0 Å². The molecule has 2 rings (SSSR count). The van der Waals surface area contributed by atoms with Gasteiger partial charge in [-0.15, -0.1) is 0 Å². The Labute approximate surface area is 89.8 Å². The highest BCUT2D eigenvalue weighted by atomic mass is 14.7. The van der Waals surface area contributed by atoms with Gasteiger partial charge in [-0.3, -0.25) is 4.98 Å². The first-order valence-electron chi connectivity index (χ1n) is 4.96. The van der Waals surface area contributed by atoms with Gasteiger partial charge in [0.15, 0.2) is 0 Å². The van der Waals surface area contributed by atoms with Crippen molar-refractivity contribution in [1.82, 2.24) is 4.98 Å². The SMILES string of the molecule is Cc1ccc(-c2ncccc2N)c(C)c1. The second-order valence-corrected chi connectivity index (χ2v) is 3.76. The summed E-state index contributed by atoms with van der Waals surface area (Å²) in [6.45, 7) is 4.16. The molecule has 0 saturated heterocycles. The van der Waals surface area contributed by atoms with E-state index in [1.807, 2.05) is 12.1 Å². The number of hydrogen-bond donors (Lipinski definition) is 1. The number of pyridine rings is 1. The molecule has 0 fully saturated rings. The molecule has 2 heteroatoms. The number of nitrogens with two attached hydrogens (primary N) is 1. The molecule has 0 atom stereocenters. The van der Waals surface area contributed by atoms with E-state index in [0.717, 1.165) is 16.9 Å². The van der Waals surface area contributed by atoms with Crippen LogP contribution in [-0.2, 0) is 0 Å². The van der Waals surface area contributed by atoms with E-state index in [4.69, 9.17) is 5.73 Å².